The molecule has 3 rings (SSSR count). The highest BCUT2D eigenvalue weighted by molar-refractivity contribution is 9.10. The molecule has 3 aromatic rings. The highest BCUT2D eigenvalue weighted by atomic mass is 79.9. The van der Waals surface area contributed by atoms with Crippen molar-refractivity contribution >= 4 is 27.5 Å². The number of aromatic amines is 1. The maximum absolute atomic E-state index is 12.4. The number of hydrogen-bond acceptors (Lipinski definition) is 4. The lowest BCUT2D eigenvalue weighted by atomic mass is 10.1. The van der Waals surface area contributed by atoms with Crippen LogP contribution in [0.1, 0.15) is 29.9 Å². The number of hydrogen-bond donors (Lipinski definition) is 2. The van der Waals surface area contributed by atoms with Crippen molar-refractivity contribution in [3.05, 3.63) is 70.3 Å². The smallest absolute Gasteiger partial charge is 0.289 e. The van der Waals surface area contributed by atoms with E-state index in [2.05, 4.69) is 36.7 Å². The summed E-state index contributed by atoms with van der Waals surface area (Å²) < 4.78 is 6.60. The molecule has 2 N–H and O–H groups in total. The SMILES string of the molecule is CCOc1ccccc1-c1cc(C(=O)N/N=C(/C)c2ccc(Br)cc2)[nH]n1. The Balaban J connectivity index is 1.74. The molecule has 0 saturated heterocycles. The highest BCUT2D eigenvalue weighted by Gasteiger charge is 2.13. The minimum absolute atomic E-state index is 0.323. The van der Waals surface area contributed by atoms with Gasteiger partial charge in [-0.05, 0) is 49.7 Å². The molecule has 0 radical (unpaired) electrons. The van der Waals surface area contributed by atoms with Crippen LogP contribution in [0.25, 0.3) is 11.3 Å². The van der Waals surface area contributed by atoms with Gasteiger partial charge in [0.15, 0.2) is 0 Å². The number of nitrogens with one attached hydrogen (secondary N) is 2. The Labute approximate surface area is 165 Å². The number of amides is 1. The van der Waals surface area contributed by atoms with Crippen LogP contribution in [0.4, 0.5) is 0 Å². The summed E-state index contributed by atoms with van der Waals surface area (Å²) in [6.07, 6.45) is 0. The Bertz CT molecular complexity index is 964. The first-order valence-corrected chi connectivity index (χ1v) is 9.26. The normalized spacial score (nSPS) is 11.3. The Morgan fingerprint density at radius 2 is 1.96 bits per heavy atom. The minimum atomic E-state index is -0.362. The molecule has 7 heteroatoms. The van der Waals surface area contributed by atoms with Gasteiger partial charge in [-0.1, -0.05) is 40.2 Å². The number of nitrogens with zero attached hydrogens (tertiary/aromatic N) is 2. The van der Waals surface area contributed by atoms with Gasteiger partial charge in [0.25, 0.3) is 5.91 Å². The van der Waals surface area contributed by atoms with Gasteiger partial charge in [-0.25, -0.2) is 5.43 Å². The molecule has 0 saturated carbocycles. The Morgan fingerprint density at radius 3 is 2.70 bits per heavy atom. The Morgan fingerprint density at radius 1 is 1.22 bits per heavy atom. The van der Waals surface area contributed by atoms with E-state index in [4.69, 9.17) is 4.74 Å². The number of benzene rings is 2. The summed E-state index contributed by atoms with van der Waals surface area (Å²) in [6.45, 7) is 4.31. The number of carbonyl (C=O) groups is 1. The molecule has 2 aromatic carbocycles. The molecule has 1 amide bonds. The van der Waals surface area contributed by atoms with Gasteiger partial charge in [-0.15, -0.1) is 0 Å². The minimum Gasteiger partial charge on any atom is -0.493 e. The first kappa shape index (κ1) is 18.8. The number of hydrazone groups is 1. The van der Waals surface area contributed by atoms with Crippen LogP contribution in [0, 0.1) is 0 Å². The molecule has 0 aliphatic heterocycles. The average Bonchev–Trinajstić information content (AvgIpc) is 3.17. The van der Waals surface area contributed by atoms with Gasteiger partial charge in [0, 0.05) is 10.0 Å². The van der Waals surface area contributed by atoms with Crippen molar-refractivity contribution in [2.75, 3.05) is 6.61 Å². The third-order valence-electron chi connectivity index (χ3n) is 3.87. The number of aromatic nitrogens is 2. The van der Waals surface area contributed by atoms with Gasteiger partial charge in [-0.2, -0.15) is 10.2 Å². The second kappa shape index (κ2) is 8.64. The Kier molecular flexibility index (Phi) is 6.03. The van der Waals surface area contributed by atoms with E-state index in [1.54, 1.807) is 6.07 Å². The molecule has 6 nitrogen and oxygen atoms in total. The molecule has 0 atom stereocenters. The molecule has 0 aliphatic carbocycles. The zero-order valence-corrected chi connectivity index (χ0v) is 16.6. The maximum atomic E-state index is 12.4. The summed E-state index contributed by atoms with van der Waals surface area (Å²) in [5.74, 6) is 0.363. The van der Waals surface area contributed by atoms with Crippen molar-refractivity contribution in [3.63, 3.8) is 0 Å². The molecule has 0 unspecified atom stereocenters. The molecular weight excluding hydrogens is 408 g/mol. The number of ether oxygens (including phenoxy) is 1. The first-order valence-electron chi connectivity index (χ1n) is 8.46. The lowest BCUT2D eigenvalue weighted by Gasteiger charge is -2.07. The number of H-pyrrole nitrogens is 1. The van der Waals surface area contributed by atoms with E-state index in [-0.39, 0.29) is 5.91 Å². The van der Waals surface area contributed by atoms with Gasteiger partial charge in [0.2, 0.25) is 0 Å². The highest BCUT2D eigenvalue weighted by Crippen LogP contribution is 2.28. The molecule has 1 heterocycles. The monoisotopic (exact) mass is 426 g/mol. The van der Waals surface area contributed by atoms with E-state index in [9.17, 15) is 4.79 Å². The van der Waals surface area contributed by atoms with Crippen LogP contribution in [0.15, 0.2) is 64.2 Å². The van der Waals surface area contributed by atoms with E-state index >= 15 is 0 Å². The fraction of sp³-hybridized carbons (Fsp3) is 0.150. The van der Waals surface area contributed by atoms with Crippen molar-refractivity contribution in [2.24, 2.45) is 5.10 Å². The fourth-order valence-corrected chi connectivity index (χ4v) is 2.75. The lowest BCUT2D eigenvalue weighted by molar-refractivity contribution is 0.0950. The van der Waals surface area contributed by atoms with Crippen LogP contribution < -0.4 is 10.2 Å². The molecule has 0 aliphatic rings. The second-order valence-corrected chi connectivity index (χ2v) is 6.66. The van der Waals surface area contributed by atoms with Gasteiger partial charge >= 0.3 is 0 Å². The molecule has 0 spiro atoms. The predicted molar refractivity (Wildman–Crippen MR) is 109 cm³/mol. The summed E-state index contributed by atoms with van der Waals surface area (Å²) in [5, 5.41) is 11.1. The van der Waals surface area contributed by atoms with Crippen molar-refractivity contribution in [3.8, 4) is 17.0 Å². The van der Waals surface area contributed by atoms with Crippen molar-refractivity contribution < 1.29 is 9.53 Å². The van der Waals surface area contributed by atoms with Crippen LogP contribution in [0.5, 0.6) is 5.75 Å². The number of para-hydroxylation sites is 1. The molecular formula is C20H19BrN4O2. The third-order valence-corrected chi connectivity index (χ3v) is 4.40. The molecule has 0 fully saturated rings. The molecule has 1 aromatic heterocycles. The summed E-state index contributed by atoms with van der Waals surface area (Å²) in [7, 11) is 0. The summed E-state index contributed by atoms with van der Waals surface area (Å²) in [5.41, 5.74) is 5.97. The lowest BCUT2D eigenvalue weighted by Crippen LogP contribution is -2.19. The van der Waals surface area contributed by atoms with E-state index < -0.39 is 0 Å². The van der Waals surface area contributed by atoms with E-state index in [1.807, 2.05) is 62.4 Å². The van der Waals surface area contributed by atoms with Crippen LogP contribution in [0.3, 0.4) is 0 Å². The van der Waals surface area contributed by atoms with E-state index in [0.717, 1.165) is 21.3 Å². The van der Waals surface area contributed by atoms with Crippen LogP contribution >= 0.6 is 15.9 Å². The van der Waals surface area contributed by atoms with Gasteiger partial charge in [0.05, 0.1) is 18.0 Å². The topological polar surface area (TPSA) is 79.4 Å². The zero-order chi connectivity index (χ0) is 19.2. The van der Waals surface area contributed by atoms with Crippen molar-refractivity contribution in [1.82, 2.24) is 15.6 Å². The Hall–Kier alpha value is -2.93. The summed E-state index contributed by atoms with van der Waals surface area (Å²) >= 11 is 3.39. The predicted octanol–water partition coefficient (Wildman–Crippen LogP) is 4.39. The average molecular weight is 427 g/mol. The summed E-state index contributed by atoms with van der Waals surface area (Å²) in [6, 6.07) is 16.9. The standard InChI is InChI=1S/C20H19BrN4O2/c1-3-27-19-7-5-4-6-16(19)17-12-18(24-23-17)20(26)25-22-13(2)14-8-10-15(21)11-9-14/h4-12H,3H2,1-2H3,(H,23,24)(H,25,26)/b22-13-. The van der Waals surface area contributed by atoms with E-state index in [1.165, 1.54) is 0 Å². The van der Waals surface area contributed by atoms with E-state index in [0.29, 0.717) is 23.7 Å². The van der Waals surface area contributed by atoms with Gasteiger partial charge < -0.3 is 4.74 Å². The number of rotatable bonds is 6. The van der Waals surface area contributed by atoms with Crippen molar-refractivity contribution in [1.29, 1.82) is 0 Å². The third kappa shape index (κ3) is 4.62. The fourth-order valence-electron chi connectivity index (χ4n) is 2.49. The second-order valence-electron chi connectivity index (χ2n) is 5.74. The van der Waals surface area contributed by atoms with Gasteiger partial charge in [-0.3, -0.25) is 9.89 Å². The van der Waals surface area contributed by atoms with Crippen molar-refractivity contribution in [2.45, 2.75) is 13.8 Å². The molecule has 0 bridgehead atoms. The van der Waals surface area contributed by atoms with Gasteiger partial charge in [0.1, 0.15) is 11.4 Å². The first-order chi connectivity index (χ1) is 13.1. The maximum Gasteiger partial charge on any atom is 0.289 e. The van der Waals surface area contributed by atoms with Crippen LogP contribution in [-0.4, -0.2) is 28.4 Å². The number of halogens is 1. The quantitative estimate of drug-likeness (QED) is 0.452. The molecule has 138 valence electrons. The zero-order valence-electron chi connectivity index (χ0n) is 15.0. The largest absolute Gasteiger partial charge is 0.493 e. The van der Waals surface area contributed by atoms with Crippen LogP contribution in [-0.2, 0) is 0 Å². The van der Waals surface area contributed by atoms with Crippen LogP contribution in [0.2, 0.25) is 0 Å². The summed E-state index contributed by atoms with van der Waals surface area (Å²) in [4.78, 5) is 12.4. The number of carbonyl (C=O) groups excluding carboxylic acids is 1. The molecule has 27 heavy (non-hydrogen) atoms.